The fraction of sp³-hybridized carbons (Fsp3) is 0.538. The quantitative estimate of drug-likeness (QED) is 0.586. The zero-order chi connectivity index (χ0) is 23.4. The van der Waals surface area contributed by atoms with Gasteiger partial charge in [-0.2, -0.15) is 13.2 Å². The number of nitrogens with zero attached hydrogens (tertiary/aromatic N) is 2. The van der Waals surface area contributed by atoms with Gasteiger partial charge in [0, 0.05) is 30.7 Å². The van der Waals surface area contributed by atoms with Gasteiger partial charge in [-0.05, 0) is 93.2 Å². The lowest BCUT2D eigenvalue weighted by Crippen LogP contribution is -2.34. The Labute approximate surface area is 199 Å². The van der Waals surface area contributed by atoms with Crippen molar-refractivity contribution in [1.82, 2.24) is 15.1 Å². The van der Waals surface area contributed by atoms with Crippen LogP contribution in [0.15, 0.2) is 42.5 Å². The first-order valence-electron chi connectivity index (χ1n) is 11.9. The molecule has 7 heteroatoms. The second-order valence-electron chi connectivity index (χ2n) is 9.56. The molecule has 0 radical (unpaired) electrons. The summed E-state index contributed by atoms with van der Waals surface area (Å²) in [6.45, 7) is 4.74. The van der Waals surface area contributed by atoms with Crippen molar-refractivity contribution in [3.8, 4) is 0 Å². The highest BCUT2D eigenvalue weighted by atomic mass is 35.5. The molecule has 2 saturated heterocycles. The molecule has 2 aromatic rings. The average molecular weight is 480 g/mol. The van der Waals surface area contributed by atoms with E-state index in [2.05, 4.69) is 34.3 Å². The fourth-order valence-corrected chi connectivity index (χ4v) is 5.18. The van der Waals surface area contributed by atoms with E-state index in [1.54, 1.807) is 12.1 Å². The highest BCUT2D eigenvalue weighted by Gasteiger charge is 2.34. The van der Waals surface area contributed by atoms with Crippen molar-refractivity contribution >= 4 is 11.6 Å². The van der Waals surface area contributed by atoms with Gasteiger partial charge in [0.25, 0.3) is 0 Å². The molecule has 4 rings (SSSR count). The van der Waals surface area contributed by atoms with Crippen LogP contribution in [0, 0.1) is 5.92 Å². The van der Waals surface area contributed by atoms with Gasteiger partial charge in [0.1, 0.15) is 0 Å². The van der Waals surface area contributed by atoms with Gasteiger partial charge in [0.05, 0.1) is 5.56 Å². The number of hydrogen-bond donors (Lipinski definition) is 1. The molecule has 0 bridgehead atoms. The van der Waals surface area contributed by atoms with Crippen LogP contribution in [-0.4, -0.2) is 49.6 Å². The molecular formula is C26H33ClF3N3. The Balaban J connectivity index is 1.42. The summed E-state index contributed by atoms with van der Waals surface area (Å²) in [6, 6.07) is 12.8. The summed E-state index contributed by atoms with van der Waals surface area (Å²) in [4.78, 5) is 4.44. The molecule has 2 fully saturated rings. The van der Waals surface area contributed by atoms with Crippen LogP contribution in [0.4, 0.5) is 13.2 Å². The Bertz CT molecular complexity index is 908. The number of hydrogen-bond acceptors (Lipinski definition) is 3. The zero-order valence-electron chi connectivity index (χ0n) is 19.2. The molecule has 0 aromatic heterocycles. The minimum absolute atomic E-state index is 0.0982. The fourth-order valence-electron chi connectivity index (χ4n) is 5.06. The third-order valence-corrected chi connectivity index (χ3v) is 7.31. The van der Waals surface area contributed by atoms with E-state index in [1.165, 1.54) is 11.6 Å². The average Bonchev–Trinajstić information content (AvgIpc) is 3.00. The van der Waals surface area contributed by atoms with Crippen LogP contribution in [0.1, 0.15) is 47.6 Å². The Morgan fingerprint density at radius 2 is 1.70 bits per heavy atom. The molecule has 0 saturated carbocycles. The van der Waals surface area contributed by atoms with Crippen molar-refractivity contribution in [1.29, 1.82) is 0 Å². The van der Waals surface area contributed by atoms with Gasteiger partial charge in [-0.15, -0.1) is 0 Å². The molecule has 2 aliphatic rings. The van der Waals surface area contributed by atoms with Crippen LogP contribution in [-0.2, 0) is 19.1 Å². The van der Waals surface area contributed by atoms with Crippen molar-refractivity contribution in [3.05, 3.63) is 69.7 Å². The molecule has 0 aliphatic carbocycles. The van der Waals surface area contributed by atoms with E-state index in [9.17, 15) is 13.2 Å². The van der Waals surface area contributed by atoms with Crippen molar-refractivity contribution in [2.75, 3.05) is 39.8 Å². The zero-order valence-corrected chi connectivity index (χ0v) is 19.9. The summed E-state index contributed by atoms with van der Waals surface area (Å²) in [7, 11) is 2.08. The number of piperidine rings is 1. The van der Waals surface area contributed by atoms with Crippen molar-refractivity contribution in [2.45, 2.75) is 44.4 Å². The lowest BCUT2D eigenvalue weighted by Gasteiger charge is -2.33. The van der Waals surface area contributed by atoms with Crippen LogP contribution in [0.2, 0.25) is 5.02 Å². The molecule has 180 valence electrons. The number of likely N-dealkylation sites (tertiary alicyclic amines) is 1. The van der Waals surface area contributed by atoms with Gasteiger partial charge in [-0.3, -0.25) is 4.90 Å². The molecule has 2 aromatic carbocycles. The van der Waals surface area contributed by atoms with Crippen LogP contribution < -0.4 is 5.32 Å². The molecule has 3 nitrogen and oxygen atoms in total. The highest BCUT2D eigenvalue weighted by Crippen LogP contribution is 2.35. The van der Waals surface area contributed by atoms with E-state index in [1.807, 2.05) is 12.1 Å². The summed E-state index contributed by atoms with van der Waals surface area (Å²) in [6.07, 6.45) is -0.439. The second kappa shape index (κ2) is 10.8. The molecule has 1 atom stereocenters. The van der Waals surface area contributed by atoms with E-state index < -0.39 is 11.7 Å². The van der Waals surface area contributed by atoms with E-state index in [0.717, 1.165) is 69.0 Å². The summed E-state index contributed by atoms with van der Waals surface area (Å²) in [5.74, 6) is 0.558. The number of alkyl halides is 3. The summed E-state index contributed by atoms with van der Waals surface area (Å²) < 4.78 is 41.3. The number of likely N-dealkylation sites (N-methyl/N-ethyl adjacent to an activating group) is 1. The molecule has 0 amide bonds. The van der Waals surface area contributed by atoms with Gasteiger partial charge < -0.3 is 10.2 Å². The van der Waals surface area contributed by atoms with Gasteiger partial charge in [-0.1, -0.05) is 35.9 Å². The highest BCUT2D eigenvalue weighted by molar-refractivity contribution is 6.30. The van der Waals surface area contributed by atoms with Gasteiger partial charge in [0.2, 0.25) is 0 Å². The number of benzene rings is 2. The van der Waals surface area contributed by atoms with E-state index >= 15 is 0 Å². The molecule has 1 N–H and O–H groups in total. The summed E-state index contributed by atoms with van der Waals surface area (Å²) in [5.41, 5.74) is 2.13. The van der Waals surface area contributed by atoms with Crippen LogP contribution in [0.5, 0.6) is 0 Å². The molecule has 33 heavy (non-hydrogen) atoms. The maximum Gasteiger partial charge on any atom is 0.416 e. The maximum absolute atomic E-state index is 13.8. The third kappa shape index (κ3) is 6.72. The van der Waals surface area contributed by atoms with Crippen molar-refractivity contribution in [3.63, 3.8) is 0 Å². The van der Waals surface area contributed by atoms with E-state index in [4.69, 9.17) is 11.6 Å². The second-order valence-corrected chi connectivity index (χ2v) is 10.00. The van der Waals surface area contributed by atoms with E-state index in [-0.39, 0.29) is 6.04 Å². The standard InChI is InChI=1S/C26H33ClF3N3/c1-32-12-10-25(31-11-15-32)21-4-7-24(26(28,29)30)22(17-21)18-33-13-8-20(9-14-33)16-19-2-5-23(27)6-3-19/h2-7,17,20,25,31H,8-16,18H2,1H3. The first-order valence-corrected chi connectivity index (χ1v) is 12.2. The van der Waals surface area contributed by atoms with Crippen molar-refractivity contribution < 1.29 is 13.2 Å². The SMILES string of the molecule is CN1CCNC(c2ccc(C(F)(F)F)c(CN3CCC(Cc4ccc(Cl)cc4)CC3)c2)CC1. The van der Waals surface area contributed by atoms with Gasteiger partial charge in [0.15, 0.2) is 0 Å². The molecule has 1 unspecified atom stereocenters. The minimum Gasteiger partial charge on any atom is -0.309 e. The largest absolute Gasteiger partial charge is 0.416 e. The predicted molar refractivity (Wildman–Crippen MR) is 127 cm³/mol. The lowest BCUT2D eigenvalue weighted by molar-refractivity contribution is -0.138. The maximum atomic E-state index is 13.8. The van der Waals surface area contributed by atoms with Crippen molar-refractivity contribution in [2.24, 2.45) is 5.92 Å². The Morgan fingerprint density at radius 3 is 2.39 bits per heavy atom. The first kappa shape index (κ1) is 24.5. The number of halogens is 4. The monoisotopic (exact) mass is 479 g/mol. The first-order chi connectivity index (χ1) is 15.8. The van der Waals surface area contributed by atoms with Gasteiger partial charge >= 0.3 is 6.18 Å². The lowest BCUT2D eigenvalue weighted by atomic mass is 9.89. The van der Waals surface area contributed by atoms with Gasteiger partial charge in [-0.25, -0.2) is 0 Å². The normalized spacial score (nSPS) is 21.8. The number of nitrogens with one attached hydrogen (secondary N) is 1. The molecular weight excluding hydrogens is 447 g/mol. The Hall–Kier alpha value is -1.60. The topological polar surface area (TPSA) is 18.5 Å². The molecule has 2 aliphatic heterocycles. The van der Waals surface area contributed by atoms with E-state index in [0.29, 0.717) is 18.0 Å². The Morgan fingerprint density at radius 1 is 0.970 bits per heavy atom. The van der Waals surface area contributed by atoms with Crippen LogP contribution in [0.3, 0.4) is 0 Å². The Kier molecular flexibility index (Phi) is 8.00. The van der Waals surface area contributed by atoms with Crippen LogP contribution >= 0.6 is 11.6 Å². The molecule has 2 heterocycles. The smallest absolute Gasteiger partial charge is 0.309 e. The summed E-state index contributed by atoms with van der Waals surface area (Å²) >= 11 is 5.98. The van der Waals surface area contributed by atoms with Crippen LogP contribution in [0.25, 0.3) is 0 Å². The number of rotatable bonds is 5. The minimum atomic E-state index is -4.34. The molecule has 0 spiro atoms. The summed E-state index contributed by atoms with van der Waals surface area (Å²) in [5, 5.41) is 4.24. The third-order valence-electron chi connectivity index (χ3n) is 7.06. The predicted octanol–water partition coefficient (Wildman–Crippen LogP) is 5.78.